The van der Waals surface area contributed by atoms with Gasteiger partial charge in [-0.3, -0.25) is 0 Å². The van der Waals surface area contributed by atoms with Gasteiger partial charge in [0.15, 0.2) is 0 Å². The molecule has 0 spiro atoms. The van der Waals surface area contributed by atoms with E-state index in [1.165, 1.54) is 0 Å². The van der Waals surface area contributed by atoms with Crippen molar-refractivity contribution in [2.75, 3.05) is 26.7 Å². The van der Waals surface area contributed by atoms with Gasteiger partial charge in [-0.15, -0.1) is 0 Å². The number of hydrogen-bond acceptors (Lipinski definition) is 2. The molecule has 0 bridgehead atoms. The lowest BCUT2D eigenvalue weighted by atomic mass is 10.1. The molecule has 1 aliphatic heterocycles. The summed E-state index contributed by atoms with van der Waals surface area (Å²) in [6.07, 6.45) is -0.600. The van der Waals surface area contributed by atoms with Crippen molar-refractivity contribution in [3.05, 3.63) is 35.9 Å². The molecule has 1 unspecified atom stereocenters. The van der Waals surface area contributed by atoms with Crippen LogP contribution < -0.4 is 0 Å². The lowest BCUT2D eigenvalue weighted by Gasteiger charge is -2.20. The lowest BCUT2D eigenvalue weighted by Crippen LogP contribution is -2.32. The molecule has 0 saturated carbocycles. The summed E-state index contributed by atoms with van der Waals surface area (Å²) in [5.41, 5.74) is 0.852. The average Bonchev–Trinajstić information content (AvgIpc) is 2.62. The fourth-order valence-electron chi connectivity index (χ4n) is 1.86. The smallest absolute Gasteiger partial charge is 0.319 e. The monoisotopic (exact) mass is 220 g/mol. The van der Waals surface area contributed by atoms with Gasteiger partial charge in [-0.1, -0.05) is 30.3 Å². The number of aliphatic hydroxyl groups excluding tert-OH is 1. The number of hydrogen-bond donors (Lipinski definition) is 1. The molecule has 1 fully saturated rings. The quantitative estimate of drug-likeness (QED) is 0.828. The summed E-state index contributed by atoms with van der Waals surface area (Å²) in [4.78, 5) is 15.0. The van der Waals surface area contributed by atoms with Crippen LogP contribution in [0.3, 0.4) is 0 Å². The topological polar surface area (TPSA) is 43.8 Å². The number of urea groups is 1. The molecule has 1 aliphatic rings. The number of carbonyl (C=O) groups excluding carboxylic acids is 1. The minimum absolute atomic E-state index is 0.00465. The highest BCUT2D eigenvalue weighted by molar-refractivity contribution is 5.76. The van der Waals surface area contributed by atoms with E-state index in [4.69, 9.17) is 0 Å². The van der Waals surface area contributed by atoms with Crippen LogP contribution in [0.2, 0.25) is 0 Å². The van der Waals surface area contributed by atoms with Crippen LogP contribution in [0.25, 0.3) is 0 Å². The van der Waals surface area contributed by atoms with E-state index in [2.05, 4.69) is 0 Å². The van der Waals surface area contributed by atoms with Gasteiger partial charge < -0.3 is 14.9 Å². The lowest BCUT2D eigenvalue weighted by molar-refractivity contribution is 0.129. The number of nitrogens with zero attached hydrogens (tertiary/aromatic N) is 2. The fourth-order valence-corrected chi connectivity index (χ4v) is 1.86. The predicted molar refractivity (Wildman–Crippen MR) is 61.0 cm³/mol. The third-order valence-electron chi connectivity index (χ3n) is 2.88. The first kappa shape index (κ1) is 11.0. The molecule has 0 radical (unpaired) electrons. The van der Waals surface area contributed by atoms with Crippen molar-refractivity contribution in [3.8, 4) is 0 Å². The Labute approximate surface area is 95.1 Å². The second-order valence-corrected chi connectivity index (χ2v) is 4.08. The maximum Gasteiger partial charge on any atom is 0.319 e. The van der Waals surface area contributed by atoms with E-state index in [1.54, 1.807) is 16.8 Å². The molecule has 0 aromatic heterocycles. The van der Waals surface area contributed by atoms with Crippen LogP contribution in [0.1, 0.15) is 11.7 Å². The molecule has 2 rings (SSSR count). The molecule has 1 heterocycles. The van der Waals surface area contributed by atoms with Crippen molar-refractivity contribution in [1.29, 1.82) is 0 Å². The van der Waals surface area contributed by atoms with Gasteiger partial charge in [-0.2, -0.15) is 0 Å². The van der Waals surface area contributed by atoms with E-state index in [0.717, 1.165) is 12.1 Å². The van der Waals surface area contributed by atoms with Gasteiger partial charge in [0.2, 0.25) is 0 Å². The van der Waals surface area contributed by atoms with Gasteiger partial charge in [-0.05, 0) is 5.56 Å². The Hall–Kier alpha value is -1.55. The summed E-state index contributed by atoms with van der Waals surface area (Å²) < 4.78 is 0. The van der Waals surface area contributed by atoms with Gasteiger partial charge in [0.1, 0.15) is 0 Å². The molecular weight excluding hydrogens is 204 g/mol. The maximum absolute atomic E-state index is 11.6. The summed E-state index contributed by atoms with van der Waals surface area (Å²) in [6, 6.07) is 9.41. The zero-order valence-electron chi connectivity index (χ0n) is 9.34. The number of rotatable bonds is 3. The van der Waals surface area contributed by atoms with Crippen LogP contribution >= 0.6 is 0 Å². The number of likely N-dealkylation sites (N-methyl/N-ethyl adjacent to an activating group) is 1. The van der Waals surface area contributed by atoms with Gasteiger partial charge in [0.05, 0.1) is 12.6 Å². The molecule has 0 aliphatic carbocycles. The number of benzene rings is 1. The third kappa shape index (κ3) is 2.17. The second kappa shape index (κ2) is 4.53. The second-order valence-electron chi connectivity index (χ2n) is 4.08. The van der Waals surface area contributed by atoms with Crippen molar-refractivity contribution in [2.45, 2.75) is 6.10 Å². The molecule has 4 heteroatoms. The van der Waals surface area contributed by atoms with Crippen molar-refractivity contribution in [3.63, 3.8) is 0 Å². The molecule has 2 amide bonds. The van der Waals surface area contributed by atoms with Crippen molar-refractivity contribution >= 4 is 6.03 Å². The predicted octanol–water partition coefficient (Wildman–Crippen LogP) is 1.09. The number of amides is 2. The molecular formula is C12H16N2O2. The van der Waals surface area contributed by atoms with Gasteiger partial charge in [0.25, 0.3) is 0 Å². The number of aliphatic hydroxyl groups is 1. The Kier molecular flexibility index (Phi) is 3.10. The molecule has 1 atom stereocenters. The van der Waals surface area contributed by atoms with E-state index < -0.39 is 6.10 Å². The Balaban J connectivity index is 1.98. The van der Waals surface area contributed by atoms with Crippen LogP contribution in [0.5, 0.6) is 0 Å². The van der Waals surface area contributed by atoms with E-state index in [0.29, 0.717) is 13.1 Å². The number of β-amino-alcohol motifs (C(OH)–C–C–N with tert-alkyl or cyclic N) is 1. The summed E-state index contributed by atoms with van der Waals surface area (Å²) in [7, 11) is 1.78. The SMILES string of the molecule is CN1CCN(CC(O)c2ccccc2)C1=O. The number of carbonyl (C=O) groups is 1. The van der Waals surface area contributed by atoms with Crippen LogP contribution in [-0.2, 0) is 0 Å². The van der Waals surface area contributed by atoms with E-state index >= 15 is 0 Å². The van der Waals surface area contributed by atoms with Crippen molar-refractivity contribution < 1.29 is 9.90 Å². The fraction of sp³-hybridized carbons (Fsp3) is 0.417. The molecule has 1 saturated heterocycles. The highest BCUT2D eigenvalue weighted by Gasteiger charge is 2.27. The van der Waals surface area contributed by atoms with Gasteiger partial charge in [-0.25, -0.2) is 4.79 Å². The minimum Gasteiger partial charge on any atom is -0.387 e. The van der Waals surface area contributed by atoms with Crippen molar-refractivity contribution in [1.82, 2.24) is 9.80 Å². The Morgan fingerprint density at radius 1 is 1.31 bits per heavy atom. The first-order valence-electron chi connectivity index (χ1n) is 5.41. The van der Waals surface area contributed by atoms with Gasteiger partial charge in [0, 0.05) is 20.1 Å². The molecule has 4 nitrogen and oxygen atoms in total. The minimum atomic E-state index is -0.600. The molecule has 86 valence electrons. The first-order chi connectivity index (χ1) is 7.68. The molecule has 16 heavy (non-hydrogen) atoms. The zero-order valence-corrected chi connectivity index (χ0v) is 9.34. The largest absolute Gasteiger partial charge is 0.387 e. The van der Waals surface area contributed by atoms with E-state index in [1.807, 2.05) is 30.3 Å². The van der Waals surface area contributed by atoms with Crippen LogP contribution in [0, 0.1) is 0 Å². The maximum atomic E-state index is 11.6. The van der Waals surface area contributed by atoms with Crippen LogP contribution in [0.4, 0.5) is 4.79 Å². The highest BCUT2D eigenvalue weighted by Crippen LogP contribution is 2.16. The molecule has 1 aromatic carbocycles. The zero-order chi connectivity index (χ0) is 11.5. The van der Waals surface area contributed by atoms with Crippen molar-refractivity contribution in [2.24, 2.45) is 0 Å². The average molecular weight is 220 g/mol. The summed E-state index contributed by atoms with van der Waals surface area (Å²) in [5.74, 6) is 0. The normalized spacial score (nSPS) is 18.0. The standard InChI is InChI=1S/C12H16N2O2/c1-13-7-8-14(12(13)16)9-11(15)10-5-3-2-4-6-10/h2-6,11,15H,7-9H2,1H3. The Morgan fingerprint density at radius 3 is 2.56 bits per heavy atom. The van der Waals surface area contributed by atoms with Crippen LogP contribution in [-0.4, -0.2) is 47.6 Å². The molecule has 1 N–H and O–H groups in total. The summed E-state index contributed by atoms with van der Waals surface area (Å²) in [6.45, 7) is 1.80. The van der Waals surface area contributed by atoms with Crippen LogP contribution in [0.15, 0.2) is 30.3 Å². The van der Waals surface area contributed by atoms with E-state index in [9.17, 15) is 9.90 Å². The summed E-state index contributed by atoms with van der Waals surface area (Å²) in [5, 5.41) is 9.97. The first-order valence-corrected chi connectivity index (χ1v) is 5.41. The third-order valence-corrected chi connectivity index (χ3v) is 2.88. The highest BCUT2D eigenvalue weighted by atomic mass is 16.3. The van der Waals surface area contributed by atoms with Gasteiger partial charge >= 0.3 is 6.03 Å². The van der Waals surface area contributed by atoms with E-state index in [-0.39, 0.29) is 6.03 Å². The Bertz CT molecular complexity index is 367. The summed E-state index contributed by atoms with van der Waals surface area (Å²) >= 11 is 0. The molecule has 1 aromatic rings. The Morgan fingerprint density at radius 2 is 2.00 bits per heavy atom.